The van der Waals surface area contributed by atoms with Gasteiger partial charge < -0.3 is 10.2 Å². The van der Waals surface area contributed by atoms with Crippen molar-refractivity contribution in [2.24, 2.45) is 0 Å². The summed E-state index contributed by atoms with van der Waals surface area (Å²) in [7, 11) is 0. The number of piperidine rings is 1. The summed E-state index contributed by atoms with van der Waals surface area (Å²) in [4.78, 5) is 2.12. The third kappa shape index (κ3) is 3.94. The van der Waals surface area contributed by atoms with Crippen LogP contribution < -0.4 is 0 Å². The van der Waals surface area contributed by atoms with Crippen molar-refractivity contribution in [3.05, 3.63) is 0 Å². The summed E-state index contributed by atoms with van der Waals surface area (Å²) in [6.07, 6.45) is 1.56. The number of rotatable bonds is 3. The summed E-state index contributed by atoms with van der Waals surface area (Å²) in [5.74, 6) is 0. The number of β-amino-alcohol motifs (C(OH)–C–C–N with tert-alkyl or cyclic N) is 2. The monoisotopic (exact) mass is 251 g/mol. The number of nitrogens with zero attached hydrogens (tertiary/aromatic N) is 1. The Morgan fingerprint density at radius 3 is 2.85 bits per heavy atom. The molecule has 4 heteroatoms. The van der Waals surface area contributed by atoms with Crippen LogP contribution in [0.5, 0.6) is 0 Å². The highest BCUT2D eigenvalue weighted by molar-refractivity contribution is 9.09. The topological polar surface area (TPSA) is 43.7 Å². The minimum atomic E-state index is -0.565. The van der Waals surface area contributed by atoms with E-state index in [0.717, 1.165) is 19.4 Å². The molecule has 0 amide bonds. The fourth-order valence-corrected chi connectivity index (χ4v) is 2.03. The predicted octanol–water partition coefficient (Wildman–Crippen LogP) is 0.589. The van der Waals surface area contributed by atoms with Gasteiger partial charge in [-0.1, -0.05) is 15.9 Å². The standard InChI is InChI=1S/C9H18BrNO2/c1-9(13)3-2-4-11(7-9)6-8(12)5-10/h8,12-13H,2-7H2,1H3. The van der Waals surface area contributed by atoms with E-state index in [1.54, 1.807) is 0 Å². The van der Waals surface area contributed by atoms with Crippen LogP contribution in [0.25, 0.3) is 0 Å². The second kappa shape index (κ2) is 4.73. The van der Waals surface area contributed by atoms with Crippen LogP contribution in [0.15, 0.2) is 0 Å². The molecule has 0 bridgehead atoms. The van der Waals surface area contributed by atoms with Gasteiger partial charge in [0.2, 0.25) is 0 Å². The molecule has 0 radical (unpaired) electrons. The molecule has 0 aromatic heterocycles. The van der Waals surface area contributed by atoms with Crippen molar-refractivity contribution in [1.82, 2.24) is 4.90 Å². The number of alkyl halides is 1. The lowest BCUT2D eigenvalue weighted by molar-refractivity contribution is -0.0255. The van der Waals surface area contributed by atoms with Crippen LogP contribution in [0.2, 0.25) is 0 Å². The molecule has 2 atom stereocenters. The van der Waals surface area contributed by atoms with Gasteiger partial charge in [0.05, 0.1) is 11.7 Å². The van der Waals surface area contributed by atoms with Gasteiger partial charge >= 0.3 is 0 Å². The molecule has 1 rings (SSSR count). The Bertz CT molecular complexity index is 164. The molecule has 1 aliphatic heterocycles. The lowest BCUT2D eigenvalue weighted by Crippen LogP contribution is -2.48. The van der Waals surface area contributed by atoms with Gasteiger partial charge in [-0.25, -0.2) is 0 Å². The average Bonchev–Trinajstić information content (AvgIpc) is 2.02. The minimum absolute atomic E-state index is 0.325. The van der Waals surface area contributed by atoms with Gasteiger partial charge in [0.25, 0.3) is 0 Å². The zero-order valence-corrected chi connectivity index (χ0v) is 9.63. The molecule has 0 aliphatic carbocycles. The Labute approximate surface area is 87.9 Å². The molecule has 1 aliphatic rings. The highest BCUT2D eigenvalue weighted by Gasteiger charge is 2.28. The molecule has 3 nitrogen and oxygen atoms in total. The van der Waals surface area contributed by atoms with Crippen LogP contribution in [0.3, 0.4) is 0 Å². The van der Waals surface area contributed by atoms with Gasteiger partial charge in [0.15, 0.2) is 0 Å². The second-order valence-corrected chi connectivity index (χ2v) is 4.79. The van der Waals surface area contributed by atoms with E-state index < -0.39 is 5.60 Å². The quantitative estimate of drug-likeness (QED) is 0.722. The maximum Gasteiger partial charge on any atom is 0.0763 e. The van der Waals surface area contributed by atoms with E-state index in [4.69, 9.17) is 0 Å². The Morgan fingerprint density at radius 2 is 2.31 bits per heavy atom. The summed E-state index contributed by atoms with van der Waals surface area (Å²) < 4.78 is 0. The lowest BCUT2D eigenvalue weighted by atomic mass is 9.95. The lowest BCUT2D eigenvalue weighted by Gasteiger charge is -2.37. The fraction of sp³-hybridized carbons (Fsp3) is 1.00. The smallest absolute Gasteiger partial charge is 0.0763 e. The van der Waals surface area contributed by atoms with Crippen LogP contribution >= 0.6 is 15.9 Å². The van der Waals surface area contributed by atoms with Crippen molar-refractivity contribution in [3.8, 4) is 0 Å². The molecule has 1 heterocycles. The normalized spacial score (nSPS) is 33.2. The SMILES string of the molecule is CC1(O)CCCN(CC(O)CBr)C1. The third-order valence-corrected chi connectivity index (χ3v) is 3.15. The van der Waals surface area contributed by atoms with Gasteiger partial charge in [0, 0.05) is 18.4 Å². The largest absolute Gasteiger partial charge is 0.391 e. The molecule has 1 saturated heterocycles. The predicted molar refractivity (Wildman–Crippen MR) is 56.1 cm³/mol. The van der Waals surface area contributed by atoms with Gasteiger partial charge in [-0.05, 0) is 26.3 Å². The molecule has 13 heavy (non-hydrogen) atoms. The Morgan fingerprint density at radius 1 is 1.62 bits per heavy atom. The van der Waals surface area contributed by atoms with Crippen molar-refractivity contribution in [3.63, 3.8) is 0 Å². The molecule has 1 fully saturated rings. The first-order valence-electron chi connectivity index (χ1n) is 4.72. The first kappa shape index (κ1) is 11.4. The van der Waals surface area contributed by atoms with E-state index in [1.165, 1.54) is 0 Å². The molecule has 2 unspecified atom stereocenters. The number of aliphatic hydroxyl groups is 2. The molecule has 2 N–H and O–H groups in total. The number of halogens is 1. The molecule has 0 saturated carbocycles. The summed E-state index contributed by atoms with van der Waals surface area (Å²) in [5.41, 5.74) is -0.565. The van der Waals surface area contributed by atoms with E-state index in [-0.39, 0.29) is 6.10 Å². The number of likely N-dealkylation sites (tertiary alicyclic amines) is 1. The average molecular weight is 252 g/mol. The van der Waals surface area contributed by atoms with Gasteiger partial charge in [-0.15, -0.1) is 0 Å². The van der Waals surface area contributed by atoms with E-state index >= 15 is 0 Å². The van der Waals surface area contributed by atoms with Crippen molar-refractivity contribution in [2.75, 3.05) is 25.0 Å². The number of aliphatic hydroxyl groups excluding tert-OH is 1. The maximum absolute atomic E-state index is 9.80. The van der Waals surface area contributed by atoms with Gasteiger partial charge in [-0.3, -0.25) is 4.90 Å². The van der Waals surface area contributed by atoms with Crippen LogP contribution in [-0.4, -0.2) is 51.8 Å². The van der Waals surface area contributed by atoms with Crippen LogP contribution in [0.4, 0.5) is 0 Å². The molecule has 78 valence electrons. The third-order valence-electron chi connectivity index (χ3n) is 2.40. The highest BCUT2D eigenvalue weighted by Crippen LogP contribution is 2.20. The Kier molecular flexibility index (Phi) is 4.16. The maximum atomic E-state index is 9.80. The zero-order valence-electron chi connectivity index (χ0n) is 8.04. The second-order valence-electron chi connectivity index (χ2n) is 4.14. The van der Waals surface area contributed by atoms with Crippen LogP contribution in [0, 0.1) is 0 Å². The van der Waals surface area contributed by atoms with E-state index in [1.807, 2.05) is 6.92 Å². The van der Waals surface area contributed by atoms with Crippen molar-refractivity contribution in [2.45, 2.75) is 31.5 Å². The fourth-order valence-electron chi connectivity index (χ4n) is 1.83. The number of hydrogen-bond donors (Lipinski definition) is 2. The van der Waals surface area contributed by atoms with Crippen LogP contribution in [-0.2, 0) is 0 Å². The minimum Gasteiger partial charge on any atom is -0.391 e. The first-order chi connectivity index (χ1) is 6.03. The zero-order chi connectivity index (χ0) is 9.90. The number of hydrogen-bond acceptors (Lipinski definition) is 3. The van der Waals surface area contributed by atoms with E-state index in [9.17, 15) is 10.2 Å². The molecule has 0 spiro atoms. The summed E-state index contributed by atoms with van der Waals surface area (Å²) in [6.45, 7) is 4.18. The van der Waals surface area contributed by atoms with Crippen molar-refractivity contribution >= 4 is 15.9 Å². The van der Waals surface area contributed by atoms with Crippen molar-refractivity contribution < 1.29 is 10.2 Å². The van der Waals surface area contributed by atoms with Crippen molar-refractivity contribution in [1.29, 1.82) is 0 Å². The highest BCUT2D eigenvalue weighted by atomic mass is 79.9. The summed E-state index contributed by atoms with van der Waals surface area (Å²) >= 11 is 3.23. The van der Waals surface area contributed by atoms with E-state index in [0.29, 0.717) is 18.4 Å². The molecular formula is C9H18BrNO2. The van der Waals surface area contributed by atoms with Gasteiger partial charge in [0.1, 0.15) is 0 Å². The first-order valence-corrected chi connectivity index (χ1v) is 5.84. The summed E-state index contributed by atoms with van der Waals surface area (Å²) in [5, 5.41) is 19.8. The molecule has 0 aromatic rings. The molecular weight excluding hydrogens is 234 g/mol. The van der Waals surface area contributed by atoms with Gasteiger partial charge in [-0.2, -0.15) is 0 Å². The van der Waals surface area contributed by atoms with Crippen LogP contribution in [0.1, 0.15) is 19.8 Å². The van der Waals surface area contributed by atoms with E-state index in [2.05, 4.69) is 20.8 Å². The Balaban J connectivity index is 2.34. The summed E-state index contributed by atoms with van der Waals surface area (Å²) in [6, 6.07) is 0. The molecule has 0 aromatic carbocycles. The Hall–Kier alpha value is 0.360.